The second-order valence-electron chi connectivity index (χ2n) is 7.38. The minimum Gasteiger partial charge on any atom is -0.454 e. The number of aryl methyl sites for hydroxylation is 1. The number of nitrogens with one attached hydrogen (secondary N) is 2. The number of allylic oxidation sites excluding steroid dienone is 2. The molecule has 2 heterocycles. The van der Waals surface area contributed by atoms with Crippen molar-refractivity contribution in [1.29, 1.82) is 0 Å². The van der Waals surface area contributed by atoms with Gasteiger partial charge in [0.1, 0.15) is 6.04 Å². The molecule has 0 spiro atoms. The molecule has 0 fully saturated rings. The third-order valence-electron chi connectivity index (χ3n) is 5.16. The number of amidine groups is 1. The number of benzene rings is 1. The van der Waals surface area contributed by atoms with Gasteiger partial charge >= 0.3 is 6.18 Å². The summed E-state index contributed by atoms with van der Waals surface area (Å²) in [7, 11) is 1.72. The summed E-state index contributed by atoms with van der Waals surface area (Å²) in [4.78, 5) is 21.0. The molecule has 0 saturated heterocycles. The number of aliphatic hydroxyl groups excluding tert-OH is 1. The first-order valence-corrected chi connectivity index (χ1v) is 10.2. The van der Waals surface area contributed by atoms with Crippen molar-refractivity contribution in [2.75, 3.05) is 31.7 Å². The van der Waals surface area contributed by atoms with E-state index >= 15 is 0 Å². The van der Waals surface area contributed by atoms with Gasteiger partial charge in [0, 0.05) is 19.2 Å². The van der Waals surface area contributed by atoms with E-state index < -0.39 is 23.9 Å². The highest BCUT2D eigenvalue weighted by atomic mass is 19.4. The molecule has 12 heteroatoms. The highest BCUT2D eigenvalue weighted by Crippen LogP contribution is 2.36. The zero-order valence-corrected chi connectivity index (χ0v) is 17.6. The van der Waals surface area contributed by atoms with Gasteiger partial charge in [-0.15, -0.1) is 0 Å². The zero-order chi connectivity index (χ0) is 23.6. The molecule has 2 atom stereocenters. The number of carbonyl (C=O) groups is 1. The largest absolute Gasteiger partial charge is 0.454 e. The Morgan fingerprint density at radius 1 is 1.33 bits per heavy atom. The van der Waals surface area contributed by atoms with Gasteiger partial charge in [0.05, 0.1) is 36.4 Å². The van der Waals surface area contributed by atoms with Crippen molar-refractivity contribution in [2.45, 2.75) is 18.3 Å². The maximum Gasteiger partial charge on any atom is 0.416 e. The quantitative estimate of drug-likeness (QED) is 0.539. The topological polar surface area (TPSA) is 110 Å². The summed E-state index contributed by atoms with van der Waals surface area (Å²) in [6.45, 7) is 0.674. The van der Waals surface area contributed by atoms with E-state index in [9.17, 15) is 18.0 Å². The number of hydrogen-bond acceptors (Lipinski definition) is 7. The fourth-order valence-electron chi connectivity index (χ4n) is 3.55. The fraction of sp³-hybridized carbons (Fsp3) is 0.381. The molecule has 2 aliphatic rings. The van der Waals surface area contributed by atoms with Crippen molar-refractivity contribution in [2.24, 2.45) is 12.0 Å². The van der Waals surface area contributed by atoms with Crippen LogP contribution in [0.5, 0.6) is 0 Å². The number of nitrogens with zero attached hydrogens (tertiary/aromatic N) is 3. The van der Waals surface area contributed by atoms with E-state index in [1.54, 1.807) is 35.9 Å². The summed E-state index contributed by atoms with van der Waals surface area (Å²) in [5, 5.41) is 14.2. The molecular weight excluding hydrogens is 443 g/mol. The first-order chi connectivity index (χ1) is 15.8. The normalized spacial score (nSPS) is 19.7. The fourth-order valence-corrected chi connectivity index (χ4v) is 3.55. The van der Waals surface area contributed by atoms with E-state index in [-0.39, 0.29) is 38.3 Å². The predicted octanol–water partition coefficient (Wildman–Crippen LogP) is 1.91. The molecule has 0 saturated carbocycles. The molecule has 33 heavy (non-hydrogen) atoms. The molecule has 1 aromatic heterocycles. The van der Waals surface area contributed by atoms with Gasteiger partial charge in [-0.2, -0.15) is 13.2 Å². The van der Waals surface area contributed by atoms with Gasteiger partial charge in [-0.05, 0) is 18.2 Å². The van der Waals surface area contributed by atoms with Gasteiger partial charge < -0.3 is 24.5 Å². The summed E-state index contributed by atoms with van der Waals surface area (Å²) in [6.07, 6.45) is -1.91. The molecule has 9 nitrogen and oxygen atoms in total. The van der Waals surface area contributed by atoms with Gasteiger partial charge in [0.15, 0.2) is 6.10 Å². The number of alkyl halides is 3. The SMILES string of the molecule is Cn1c(NC2=NC3C=CC=C(C(F)(F)F)C3O2)nc2cc(C(=O)NCCOCCO)ccc21. The second kappa shape index (κ2) is 9.24. The summed E-state index contributed by atoms with van der Waals surface area (Å²) in [5.41, 5.74) is 0.806. The third-order valence-corrected chi connectivity index (χ3v) is 5.16. The van der Waals surface area contributed by atoms with Crippen LogP contribution in [0.4, 0.5) is 19.1 Å². The Morgan fingerprint density at radius 3 is 2.91 bits per heavy atom. The molecule has 1 amide bonds. The number of amides is 1. The number of aliphatic imine (C=N–C) groups is 1. The highest BCUT2D eigenvalue weighted by Gasteiger charge is 2.46. The number of hydrogen-bond donors (Lipinski definition) is 3. The summed E-state index contributed by atoms with van der Waals surface area (Å²) >= 11 is 0. The first kappa shape index (κ1) is 22.8. The number of rotatable bonds is 7. The highest BCUT2D eigenvalue weighted by molar-refractivity contribution is 5.98. The van der Waals surface area contributed by atoms with Crippen molar-refractivity contribution in [1.82, 2.24) is 14.9 Å². The molecule has 176 valence electrons. The summed E-state index contributed by atoms with van der Waals surface area (Å²) in [5.74, 6) is -0.00521. The van der Waals surface area contributed by atoms with Crippen LogP contribution < -0.4 is 10.6 Å². The molecule has 1 aliphatic heterocycles. The molecule has 4 rings (SSSR count). The predicted molar refractivity (Wildman–Crippen MR) is 114 cm³/mol. The van der Waals surface area contributed by atoms with Crippen molar-refractivity contribution >= 4 is 28.9 Å². The number of halogens is 3. The van der Waals surface area contributed by atoms with Crippen molar-refractivity contribution in [3.63, 3.8) is 0 Å². The molecule has 1 aliphatic carbocycles. The lowest BCUT2D eigenvalue weighted by Gasteiger charge is -2.23. The van der Waals surface area contributed by atoms with Crippen LogP contribution >= 0.6 is 0 Å². The van der Waals surface area contributed by atoms with Gasteiger partial charge in [0.2, 0.25) is 5.95 Å². The third kappa shape index (κ3) is 4.86. The van der Waals surface area contributed by atoms with Gasteiger partial charge in [-0.25, -0.2) is 9.98 Å². The smallest absolute Gasteiger partial charge is 0.416 e. The number of fused-ring (bicyclic) bond motifs is 2. The first-order valence-electron chi connectivity index (χ1n) is 10.2. The summed E-state index contributed by atoms with van der Waals surface area (Å²) in [6, 6.07) is 4.12. The van der Waals surface area contributed by atoms with Crippen LogP contribution in [0.15, 0.2) is 47.0 Å². The average Bonchev–Trinajstić information content (AvgIpc) is 3.32. The summed E-state index contributed by atoms with van der Waals surface area (Å²) < 4.78 is 52.0. The molecule has 3 N–H and O–H groups in total. The van der Waals surface area contributed by atoms with E-state index in [1.807, 2.05) is 0 Å². The van der Waals surface area contributed by atoms with Gasteiger partial charge in [-0.3, -0.25) is 10.1 Å². The van der Waals surface area contributed by atoms with Crippen LogP contribution in [-0.4, -0.2) is 71.3 Å². The van der Waals surface area contributed by atoms with Crippen molar-refractivity contribution < 1.29 is 32.5 Å². The Balaban J connectivity index is 1.45. The Kier molecular flexibility index (Phi) is 6.38. The molecule has 1 aromatic carbocycles. The van der Waals surface area contributed by atoms with E-state index in [0.717, 1.165) is 6.08 Å². The Labute approximate surface area is 186 Å². The number of imidazole rings is 1. The van der Waals surface area contributed by atoms with Crippen LogP contribution in [0.25, 0.3) is 11.0 Å². The van der Waals surface area contributed by atoms with Crippen LogP contribution in [0.3, 0.4) is 0 Å². The monoisotopic (exact) mass is 465 g/mol. The van der Waals surface area contributed by atoms with Crippen LogP contribution in [0.1, 0.15) is 10.4 Å². The Bertz CT molecular complexity index is 1140. The number of aromatic nitrogens is 2. The van der Waals surface area contributed by atoms with Crippen LogP contribution in [0, 0.1) is 0 Å². The molecular formula is C21H22F3N5O4. The van der Waals surface area contributed by atoms with E-state index in [0.29, 0.717) is 22.5 Å². The molecule has 2 aromatic rings. The van der Waals surface area contributed by atoms with Crippen LogP contribution in [0.2, 0.25) is 0 Å². The number of ether oxygens (including phenoxy) is 2. The molecule has 2 unspecified atom stereocenters. The molecule has 0 radical (unpaired) electrons. The second-order valence-corrected chi connectivity index (χ2v) is 7.38. The van der Waals surface area contributed by atoms with E-state index in [4.69, 9.17) is 14.6 Å². The molecule has 0 bridgehead atoms. The van der Waals surface area contributed by atoms with E-state index in [2.05, 4.69) is 20.6 Å². The Hall–Kier alpha value is -3.38. The van der Waals surface area contributed by atoms with Gasteiger partial charge in [0.25, 0.3) is 11.9 Å². The van der Waals surface area contributed by atoms with Crippen molar-refractivity contribution in [3.8, 4) is 0 Å². The minimum absolute atomic E-state index is 0.0639. The van der Waals surface area contributed by atoms with Gasteiger partial charge in [-0.1, -0.05) is 18.2 Å². The maximum atomic E-state index is 13.3. The standard InChI is InChI=1S/C21H22F3N5O4/c1-29-16-6-5-12(18(31)25-7-9-32-10-8-30)11-15(16)26-19(29)28-20-27-14-4-2-3-13(17(14)33-20)21(22,23)24/h2-6,11,14,17,30H,7-10H2,1H3,(H,25,31)(H,26,27,28). The lowest BCUT2D eigenvalue weighted by Crippen LogP contribution is -2.33. The lowest BCUT2D eigenvalue weighted by atomic mass is 9.97. The van der Waals surface area contributed by atoms with Crippen LogP contribution in [-0.2, 0) is 16.5 Å². The average molecular weight is 465 g/mol. The minimum atomic E-state index is -4.52. The maximum absolute atomic E-state index is 13.3. The number of carbonyl (C=O) groups excluding carboxylic acids is 1. The number of anilines is 1. The van der Waals surface area contributed by atoms with E-state index in [1.165, 1.54) is 6.08 Å². The number of aliphatic hydroxyl groups is 1. The zero-order valence-electron chi connectivity index (χ0n) is 17.6. The Morgan fingerprint density at radius 2 is 2.15 bits per heavy atom. The lowest BCUT2D eigenvalue weighted by molar-refractivity contribution is -0.104. The van der Waals surface area contributed by atoms with Crippen molar-refractivity contribution in [3.05, 3.63) is 47.6 Å².